The maximum absolute atomic E-state index is 11.9. The van der Waals surface area contributed by atoms with Crippen molar-refractivity contribution in [2.75, 3.05) is 6.54 Å². The Balaban J connectivity index is 1.45. The molecule has 2 aromatic heterocycles. The van der Waals surface area contributed by atoms with Crippen LogP contribution in [-0.4, -0.2) is 32.0 Å². The van der Waals surface area contributed by atoms with Gasteiger partial charge in [0.25, 0.3) is 0 Å². The van der Waals surface area contributed by atoms with Crippen LogP contribution in [-0.2, 0) is 11.3 Å². The van der Waals surface area contributed by atoms with Crippen LogP contribution in [0.1, 0.15) is 23.4 Å². The third-order valence-electron chi connectivity index (χ3n) is 4.00. The third kappa shape index (κ3) is 4.69. The maximum atomic E-state index is 11.9. The van der Waals surface area contributed by atoms with Crippen LogP contribution in [0.25, 0.3) is 11.8 Å². The summed E-state index contributed by atoms with van der Waals surface area (Å²) in [6, 6.07) is 11.9. The van der Waals surface area contributed by atoms with Gasteiger partial charge in [-0.1, -0.05) is 18.2 Å². The van der Waals surface area contributed by atoms with Gasteiger partial charge in [-0.05, 0) is 44.5 Å². The summed E-state index contributed by atoms with van der Waals surface area (Å²) in [7, 11) is 0. The fraction of sp³-hybridized carbons (Fsp3) is 0.250. The Hall–Kier alpha value is -3.15. The zero-order valence-electron chi connectivity index (χ0n) is 15.1. The summed E-state index contributed by atoms with van der Waals surface area (Å²) in [6.45, 7) is 5.44. The van der Waals surface area contributed by atoms with E-state index in [1.807, 2.05) is 55.1 Å². The van der Waals surface area contributed by atoms with E-state index in [-0.39, 0.29) is 5.91 Å². The van der Waals surface area contributed by atoms with Crippen molar-refractivity contribution in [2.24, 2.45) is 0 Å². The van der Waals surface area contributed by atoms with Gasteiger partial charge in [-0.3, -0.25) is 9.48 Å². The van der Waals surface area contributed by atoms with Crippen LogP contribution in [0.4, 0.5) is 0 Å². The Morgan fingerprint density at radius 1 is 1.23 bits per heavy atom. The quantitative estimate of drug-likeness (QED) is 0.527. The largest absolute Gasteiger partial charge is 0.352 e. The van der Waals surface area contributed by atoms with Crippen molar-refractivity contribution in [3.05, 3.63) is 71.8 Å². The number of rotatable bonds is 7. The number of hydrogen-bond acceptors (Lipinski definition) is 3. The highest BCUT2D eigenvalue weighted by molar-refractivity contribution is 5.91. The number of carbonyl (C=O) groups is 1. The molecule has 6 nitrogen and oxygen atoms in total. The van der Waals surface area contributed by atoms with Gasteiger partial charge in [0, 0.05) is 36.6 Å². The van der Waals surface area contributed by atoms with Gasteiger partial charge in [-0.2, -0.15) is 10.2 Å². The highest BCUT2D eigenvalue weighted by Gasteiger charge is 2.02. The number of para-hydroxylation sites is 1. The fourth-order valence-corrected chi connectivity index (χ4v) is 2.72. The first-order valence-corrected chi connectivity index (χ1v) is 8.69. The summed E-state index contributed by atoms with van der Waals surface area (Å²) in [4.78, 5) is 11.9. The molecule has 0 aliphatic rings. The van der Waals surface area contributed by atoms with Gasteiger partial charge in [0.05, 0.1) is 17.6 Å². The Kier molecular flexibility index (Phi) is 5.63. The first kappa shape index (κ1) is 17.7. The van der Waals surface area contributed by atoms with Crippen molar-refractivity contribution in [3.63, 3.8) is 0 Å². The molecular formula is C20H23N5O. The zero-order chi connectivity index (χ0) is 18.4. The number of hydrogen-bond donors (Lipinski definition) is 1. The number of aryl methyl sites for hydroxylation is 3. The molecular weight excluding hydrogens is 326 g/mol. The Morgan fingerprint density at radius 2 is 2.04 bits per heavy atom. The van der Waals surface area contributed by atoms with Crippen molar-refractivity contribution < 1.29 is 4.79 Å². The minimum absolute atomic E-state index is 0.106. The predicted octanol–water partition coefficient (Wildman–Crippen LogP) is 2.91. The van der Waals surface area contributed by atoms with Gasteiger partial charge in [0.2, 0.25) is 5.91 Å². The Morgan fingerprint density at radius 3 is 2.77 bits per heavy atom. The smallest absolute Gasteiger partial charge is 0.244 e. The van der Waals surface area contributed by atoms with E-state index in [1.54, 1.807) is 17.0 Å². The van der Waals surface area contributed by atoms with Crippen LogP contribution in [0.3, 0.4) is 0 Å². The minimum Gasteiger partial charge on any atom is -0.352 e. The van der Waals surface area contributed by atoms with Crippen LogP contribution >= 0.6 is 0 Å². The molecule has 134 valence electrons. The molecule has 0 radical (unpaired) electrons. The lowest BCUT2D eigenvalue weighted by molar-refractivity contribution is -0.116. The highest BCUT2D eigenvalue weighted by atomic mass is 16.1. The van der Waals surface area contributed by atoms with E-state index in [0.717, 1.165) is 35.6 Å². The molecule has 26 heavy (non-hydrogen) atoms. The summed E-state index contributed by atoms with van der Waals surface area (Å²) in [5, 5.41) is 11.6. The fourth-order valence-electron chi connectivity index (χ4n) is 2.72. The van der Waals surface area contributed by atoms with Crippen LogP contribution in [0.2, 0.25) is 0 Å². The molecule has 3 rings (SSSR count). The van der Waals surface area contributed by atoms with E-state index >= 15 is 0 Å². The molecule has 6 heteroatoms. The van der Waals surface area contributed by atoms with E-state index in [4.69, 9.17) is 0 Å². The number of amides is 1. The molecule has 0 saturated heterocycles. The number of aromatic nitrogens is 4. The zero-order valence-corrected chi connectivity index (χ0v) is 15.1. The highest BCUT2D eigenvalue weighted by Crippen LogP contribution is 2.08. The first-order valence-electron chi connectivity index (χ1n) is 8.69. The lowest BCUT2D eigenvalue weighted by Crippen LogP contribution is -2.23. The molecule has 0 spiro atoms. The normalized spacial score (nSPS) is 11.2. The Bertz CT molecular complexity index is 892. The topological polar surface area (TPSA) is 64.7 Å². The standard InChI is InChI=1S/C20H23N5O/c1-16-13-17(2)24(23-16)12-6-11-21-20(26)10-9-18-14-22-25(15-18)19-7-4-3-5-8-19/h3-5,7-10,13-15H,6,11-12H2,1-2H3,(H,21,26)/b10-9+. The van der Waals surface area contributed by atoms with E-state index in [2.05, 4.69) is 21.6 Å². The van der Waals surface area contributed by atoms with Crippen LogP contribution in [0.15, 0.2) is 54.9 Å². The molecule has 3 aromatic rings. The Labute approximate surface area is 153 Å². The molecule has 1 aromatic carbocycles. The SMILES string of the molecule is Cc1cc(C)n(CCCNC(=O)/C=C/c2cnn(-c3ccccc3)c2)n1. The van der Waals surface area contributed by atoms with E-state index < -0.39 is 0 Å². The van der Waals surface area contributed by atoms with Gasteiger partial charge >= 0.3 is 0 Å². The van der Waals surface area contributed by atoms with E-state index in [0.29, 0.717) is 6.54 Å². The van der Waals surface area contributed by atoms with Crippen LogP contribution < -0.4 is 5.32 Å². The first-order chi connectivity index (χ1) is 12.6. The monoisotopic (exact) mass is 349 g/mol. The molecule has 0 saturated carbocycles. The number of nitrogens with zero attached hydrogens (tertiary/aromatic N) is 4. The second kappa shape index (κ2) is 8.29. The van der Waals surface area contributed by atoms with Crippen molar-refractivity contribution in [1.29, 1.82) is 0 Å². The summed E-state index contributed by atoms with van der Waals surface area (Å²) in [6.07, 6.45) is 7.77. The number of benzene rings is 1. The summed E-state index contributed by atoms with van der Waals surface area (Å²) >= 11 is 0. The number of nitrogens with one attached hydrogen (secondary N) is 1. The molecule has 1 amide bonds. The van der Waals surface area contributed by atoms with Crippen LogP contribution in [0.5, 0.6) is 0 Å². The van der Waals surface area contributed by atoms with Crippen molar-refractivity contribution in [2.45, 2.75) is 26.8 Å². The maximum Gasteiger partial charge on any atom is 0.244 e. The van der Waals surface area contributed by atoms with Crippen LogP contribution in [0, 0.1) is 13.8 Å². The molecule has 0 aliphatic heterocycles. The second-order valence-electron chi connectivity index (χ2n) is 6.18. The predicted molar refractivity (Wildman–Crippen MR) is 102 cm³/mol. The molecule has 1 N–H and O–H groups in total. The molecule has 0 aliphatic carbocycles. The summed E-state index contributed by atoms with van der Waals surface area (Å²) < 4.78 is 3.75. The van der Waals surface area contributed by atoms with E-state index in [1.165, 1.54) is 6.08 Å². The molecule has 2 heterocycles. The van der Waals surface area contributed by atoms with Gasteiger partial charge in [-0.25, -0.2) is 4.68 Å². The molecule has 0 atom stereocenters. The molecule has 0 bridgehead atoms. The van der Waals surface area contributed by atoms with Gasteiger partial charge in [0.1, 0.15) is 0 Å². The van der Waals surface area contributed by atoms with Crippen molar-refractivity contribution >= 4 is 12.0 Å². The lowest BCUT2D eigenvalue weighted by Gasteiger charge is -2.05. The second-order valence-corrected chi connectivity index (χ2v) is 6.18. The van der Waals surface area contributed by atoms with Gasteiger partial charge in [-0.15, -0.1) is 0 Å². The minimum atomic E-state index is -0.106. The lowest BCUT2D eigenvalue weighted by atomic mass is 10.3. The van der Waals surface area contributed by atoms with Gasteiger partial charge in [0.15, 0.2) is 0 Å². The molecule has 0 unspecified atom stereocenters. The summed E-state index contributed by atoms with van der Waals surface area (Å²) in [5.41, 5.74) is 4.03. The average molecular weight is 349 g/mol. The average Bonchev–Trinajstić information content (AvgIpc) is 3.24. The van der Waals surface area contributed by atoms with Crippen molar-refractivity contribution in [1.82, 2.24) is 24.9 Å². The third-order valence-corrected chi connectivity index (χ3v) is 4.00. The van der Waals surface area contributed by atoms with Gasteiger partial charge < -0.3 is 5.32 Å². The summed E-state index contributed by atoms with van der Waals surface area (Å²) in [5.74, 6) is -0.106. The van der Waals surface area contributed by atoms with E-state index in [9.17, 15) is 4.79 Å². The van der Waals surface area contributed by atoms with Crippen molar-refractivity contribution in [3.8, 4) is 5.69 Å². The molecule has 0 fully saturated rings. The number of carbonyl (C=O) groups excluding carboxylic acids is 1.